The fourth-order valence-corrected chi connectivity index (χ4v) is 0.920. The van der Waals surface area contributed by atoms with E-state index in [0.717, 1.165) is 18.2 Å². The second kappa shape index (κ2) is 3.46. The molecule has 0 heterocycles. The van der Waals surface area contributed by atoms with E-state index in [4.69, 9.17) is 10.5 Å². The molecule has 0 aromatic rings. The van der Waals surface area contributed by atoms with Gasteiger partial charge < -0.3 is 0 Å². The summed E-state index contributed by atoms with van der Waals surface area (Å²) in [5, 5.41) is 17.0. The van der Waals surface area contributed by atoms with Crippen molar-refractivity contribution >= 4 is 11.6 Å². The minimum atomic E-state index is -1.15. The summed E-state index contributed by atoms with van der Waals surface area (Å²) in [6.45, 7) is 0. The molecule has 0 saturated heterocycles. The van der Waals surface area contributed by atoms with Crippen LogP contribution in [0.2, 0.25) is 0 Å². The van der Waals surface area contributed by atoms with E-state index in [2.05, 4.69) is 0 Å². The molecule has 1 aliphatic carbocycles. The van der Waals surface area contributed by atoms with Crippen LogP contribution >= 0.6 is 0 Å². The van der Waals surface area contributed by atoms with Crippen molar-refractivity contribution in [3.63, 3.8) is 0 Å². The number of nitrogens with zero attached hydrogens (tertiary/aromatic N) is 2. The SMILES string of the molecule is N#CC(C#N)C1=CC(=O)C=CC1=O. The third kappa shape index (κ3) is 1.69. The number of carbonyl (C=O) groups is 2. The summed E-state index contributed by atoms with van der Waals surface area (Å²) in [6.07, 6.45) is 3.20. The predicted octanol–water partition coefficient (Wildman–Crippen LogP) is 0.284. The van der Waals surface area contributed by atoms with Crippen molar-refractivity contribution in [2.24, 2.45) is 5.92 Å². The van der Waals surface area contributed by atoms with Gasteiger partial charge in [0.05, 0.1) is 12.1 Å². The summed E-state index contributed by atoms with van der Waals surface area (Å²) < 4.78 is 0. The first-order valence-corrected chi connectivity index (χ1v) is 3.46. The van der Waals surface area contributed by atoms with Gasteiger partial charge in [0.15, 0.2) is 17.5 Å². The van der Waals surface area contributed by atoms with Crippen LogP contribution in [0.3, 0.4) is 0 Å². The maximum absolute atomic E-state index is 11.1. The zero-order chi connectivity index (χ0) is 9.84. The van der Waals surface area contributed by atoms with Crippen LogP contribution < -0.4 is 0 Å². The van der Waals surface area contributed by atoms with Crippen LogP contribution in [0.5, 0.6) is 0 Å². The molecule has 0 aliphatic heterocycles. The Kier molecular flexibility index (Phi) is 2.37. The first kappa shape index (κ1) is 8.89. The van der Waals surface area contributed by atoms with Crippen molar-refractivity contribution in [1.29, 1.82) is 10.5 Å². The molecule has 1 aliphatic rings. The molecule has 0 aromatic carbocycles. The summed E-state index contributed by atoms with van der Waals surface area (Å²) in [7, 11) is 0. The number of ketones is 2. The van der Waals surface area contributed by atoms with E-state index in [0.29, 0.717) is 0 Å². The van der Waals surface area contributed by atoms with Crippen LogP contribution in [0.4, 0.5) is 0 Å². The van der Waals surface area contributed by atoms with Gasteiger partial charge in [-0.2, -0.15) is 10.5 Å². The Morgan fingerprint density at radius 3 is 2.31 bits per heavy atom. The standard InChI is InChI=1S/C9H4N2O2/c10-4-6(5-11)8-3-7(12)1-2-9(8)13/h1-3,6H. The number of nitriles is 2. The van der Waals surface area contributed by atoms with Crippen molar-refractivity contribution in [1.82, 2.24) is 0 Å². The summed E-state index contributed by atoms with van der Waals surface area (Å²) in [5.74, 6) is -1.97. The quantitative estimate of drug-likeness (QED) is 0.532. The normalized spacial score (nSPS) is 15.2. The molecule has 1 rings (SSSR count). The lowest BCUT2D eigenvalue weighted by atomic mass is 9.93. The highest BCUT2D eigenvalue weighted by atomic mass is 16.1. The largest absolute Gasteiger partial charge is 0.290 e. The van der Waals surface area contributed by atoms with Gasteiger partial charge in [0.1, 0.15) is 0 Å². The molecular formula is C9H4N2O2. The van der Waals surface area contributed by atoms with E-state index in [1.54, 1.807) is 12.1 Å². The Morgan fingerprint density at radius 1 is 1.15 bits per heavy atom. The van der Waals surface area contributed by atoms with E-state index in [9.17, 15) is 9.59 Å². The summed E-state index contributed by atoms with van der Waals surface area (Å²) in [6, 6.07) is 3.27. The van der Waals surface area contributed by atoms with Gasteiger partial charge in [-0.3, -0.25) is 9.59 Å². The average Bonchev–Trinajstić information content (AvgIpc) is 2.13. The zero-order valence-electron chi connectivity index (χ0n) is 6.52. The van der Waals surface area contributed by atoms with Gasteiger partial charge >= 0.3 is 0 Å². The van der Waals surface area contributed by atoms with E-state index in [1.165, 1.54) is 0 Å². The van der Waals surface area contributed by atoms with Crippen LogP contribution in [0.25, 0.3) is 0 Å². The van der Waals surface area contributed by atoms with Gasteiger partial charge in [0.25, 0.3) is 0 Å². The number of hydrogen-bond donors (Lipinski definition) is 0. The monoisotopic (exact) mass is 172 g/mol. The minimum Gasteiger partial charge on any atom is -0.290 e. The molecule has 0 aromatic heterocycles. The van der Waals surface area contributed by atoms with Crippen LogP contribution in [0, 0.1) is 28.6 Å². The molecule has 4 heteroatoms. The van der Waals surface area contributed by atoms with Crippen LogP contribution in [-0.2, 0) is 9.59 Å². The maximum atomic E-state index is 11.1. The molecular weight excluding hydrogens is 168 g/mol. The number of hydrogen-bond acceptors (Lipinski definition) is 4. The molecule has 0 N–H and O–H groups in total. The van der Waals surface area contributed by atoms with E-state index in [-0.39, 0.29) is 11.4 Å². The van der Waals surface area contributed by atoms with Gasteiger partial charge in [-0.25, -0.2) is 0 Å². The van der Waals surface area contributed by atoms with Gasteiger partial charge in [0, 0.05) is 5.57 Å². The molecule has 0 amide bonds. The number of allylic oxidation sites excluding steroid dienone is 4. The van der Waals surface area contributed by atoms with Gasteiger partial charge in [0.2, 0.25) is 0 Å². The smallest absolute Gasteiger partial charge is 0.184 e. The molecule has 0 bridgehead atoms. The van der Waals surface area contributed by atoms with Gasteiger partial charge in [-0.15, -0.1) is 0 Å². The molecule has 0 radical (unpaired) electrons. The highest BCUT2D eigenvalue weighted by Gasteiger charge is 2.21. The molecule has 0 saturated carbocycles. The Labute approximate surface area is 74.4 Å². The second-order valence-electron chi connectivity index (χ2n) is 2.39. The molecule has 62 valence electrons. The van der Waals surface area contributed by atoms with Crippen molar-refractivity contribution in [3.05, 3.63) is 23.8 Å². The van der Waals surface area contributed by atoms with Gasteiger partial charge in [-0.05, 0) is 18.2 Å². The Bertz CT molecular complexity index is 390. The van der Waals surface area contributed by atoms with E-state index >= 15 is 0 Å². The van der Waals surface area contributed by atoms with Crippen molar-refractivity contribution < 1.29 is 9.59 Å². The fourth-order valence-electron chi connectivity index (χ4n) is 0.920. The van der Waals surface area contributed by atoms with Gasteiger partial charge in [-0.1, -0.05) is 0 Å². The average molecular weight is 172 g/mol. The van der Waals surface area contributed by atoms with Crippen LogP contribution in [0.15, 0.2) is 23.8 Å². The second-order valence-corrected chi connectivity index (χ2v) is 2.39. The Hall–Kier alpha value is -2.20. The number of rotatable bonds is 1. The summed E-state index contributed by atoms with van der Waals surface area (Å²) >= 11 is 0. The molecule has 0 fully saturated rings. The Balaban J connectivity index is 3.06. The van der Waals surface area contributed by atoms with Crippen molar-refractivity contribution in [3.8, 4) is 12.1 Å². The fraction of sp³-hybridized carbons (Fsp3) is 0.111. The topological polar surface area (TPSA) is 81.7 Å². The van der Waals surface area contributed by atoms with E-state index in [1.807, 2.05) is 0 Å². The van der Waals surface area contributed by atoms with E-state index < -0.39 is 11.7 Å². The highest BCUT2D eigenvalue weighted by molar-refractivity contribution is 6.17. The highest BCUT2D eigenvalue weighted by Crippen LogP contribution is 2.14. The first-order valence-electron chi connectivity index (χ1n) is 3.46. The molecule has 0 unspecified atom stereocenters. The van der Waals surface area contributed by atoms with Crippen LogP contribution in [0.1, 0.15) is 0 Å². The lowest BCUT2D eigenvalue weighted by Crippen LogP contribution is -2.13. The third-order valence-corrected chi connectivity index (χ3v) is 1.55. The first-order chi connectivity index (χ1) is 6.19. The summed E-state index contributed by atoms with van der Waals surface area (Å²) in [5.41, 5.74) is -0.0440. The number of carbonyl (C=O) groups excluding carboxylic acids is 2. The third-order valence-electron chi connectivity index (χ3n) is 1.55. The van der Waals surface area contributed by atoms with Crippen molar-refractivity contribution in [2.75, 3.05) is 0 Å². The molecule has 4 nitrogen and oxygen atoms in total. The minimum absolute atomic E-state index is 0.0440. The van der Waals surface area contributed by atoms with Crippen molar-refractivity contribution in [2.45, 2.75) is 0 Å². The Morgan fingerprint density at radius 2 is 1.77 bits per heavy atom. The lowest BCUT2D eigenvalue weighted by molar-refractivity contribution is -0.114. The maximum Gasteiger partial charge on any atom is 0.184 e. The molecule has 0 spiro atoms. The summed E-state index contributed by atoms with van der Waals surface area (Å²) in [4.78, 5) is 21.9. The lowest BCUT2D eigenvalue weighted by Gasteiger charge is -2.05. The molecule has 13 heavy (non-hydrogen) atoms. The predicted molar refractivity (Wildman–Crippen MR) is 42.0 cm³/mol. The zero-order valence-corrected chi connectivity index (χ0v) is 6.52. The van der Waals surface area contributed by atoms with Crippen LogP contribution in [-0.4, -0.2) is 11.6 Å². The molecule has 0 atom stereocenters.